The molecule has 13 heavy (non-hydrogen) atoms. The summed E-state index contributed by atoms with van der Waals surface area (Å²) in [6, 6.07) is 5.12. The maximum absolute atomic E-state index is 10.7. The van der Waals surface area contributed by atoms with E-state index in [2.05, 4.69) is 6.92 Å². The van der Waals surface area contributed by atoms with Crippen LogP contribution in [0.5, 0.6) is 11.5 Å². The van der Waals surface area contributed by atoms with Crippen LogP contribution in [-0.2, 0) is 4.79 Å². The van der Waals surface area contributed by atoms with Crippen LogP contribution in [0.3, 0.4) is 0 Å². The Morgan fingerprint density at radius 1 is 1.46 bits per heavy atom. The van der Waals surface area contributed by atoms with Crippen molar-refractivity contribution in [2.24, 2.45) is 0 Å². The second kappa shape index (κ2) is 3.94. The van der Waals surface area contributed by atoms with Crippen molar-refractivity contribution in [1.29, 1.82) is 0 Å². The fourth-order valence-corrected chi connectivity index (χ4v) is 0.912. The molecule has 0 spiro atoms. The minimum Gasteiger partial charge on any atom is -0.497 e. The average molecular weight is 179 g/mol. The standard InChI is InChI=1S/C10H11O3/c1-7-4-5-9(12-3)6-10(7)13-8(2)11/h4-6H,1H2,2-3H3. The first-order valence-electron chi connectivity index (χ1n) is 3.82. The Hall–Kier alpha value is -1.51. The third kappa shape index (κ3) is 2.47. The molecule has 0 bridgehead atoms. The van der Waals surface area contributed by atoms with Crippen LogP contribution in [0.2, 0.25) is 0 Å². The predicted molar refractivity (Wildman–Crippen MR) is 48.8 cm³/mol. The van der Waals surface area contributed by atoms with Gasteiger partial charge in [0.15, 0.2) is 0 Å². The van der Waals surface area contributed by atoms with E-state index in [4.69, 9.17) is 9.47 Å². The summed E-state index contributed by atoms with van der Waals surface area (Å²) in [7, 11) is 1.55. The summed E-state index contributed by atoms with van der Waals surface area (Å²) in [5.74, 6) is 0.716. The van der Waals surface area contributed by atoms with Crippen molar-refractivity contribution in [3.05, 3.63) is 30.7 Å². The Morgan fingerprint density at radius 2 is 2.15 bits per heavy atom. The average Bonchev–Trinajstić information content (AvgIpc) is 2.08. The number of methoxy groups -OCH3 is 1. The normalized spacial score (nSPS) is 9.46. The number of hydrogen-bond acceptors (Lipinski definition) is 3. The van der Waals surface area contributed by atoms with Crippen molar-refractivity contribution >= 4 is 5.97 Å². The van der Waals surface area contributed by atoms with Crippen LogP contribution in [0.15, 0.2) is 18.2 Å². The Kier molecular flexibility index (Phi) is 2.90. The molecule has 69 valence electrons. The monoisotopic (exact) mass is 179 g/mol. The zero-order valence-corrected chi connectivity index (χ0v) is 7.66. The predicted octanol–water partition coefficient (Wildman–Crippen LogP) is 1.80. The Morgan fingerprint density at radius 3 is 2.69 bits per heavy atom. The van der Waals surface area contributed by atoms with Crippen LogP contribution in [-0.4, -0.2) is 13.1 Å². The van der Waals surface area contributed by atoms with Gasteiger partial charge >= 0.3 is 5.97 Å². The number of carbonyl (C=O) groups is 1. The van der Waals surface area contributed by atoms with E-state index in [0.717, 1.165) is 0 Å². The maximum atomic E-state index is 10.7. The van der Waals surface area contributed by atoms with Gasteiger partial charge in [0.05, 0.1) is 7.11 Å². The van der Waals surface area contributed by atoms with Crippen molar-refractivity contribution in [2.45, 2.75) is 6.92 Å². The molecule has 0 amide bonds. The zero-order valence-electron chi connectivity index (χ0n) is 7.66. The first-order valence-corrected chi connectivity index (χ1v) is 3.82. The summed E-state index contributed by atoms with van der Waals surface area (Å²) in [5.41, 5.74) is 0.663. The van der Waals surface area contributed by atoms with Crippen LogP contribution >= 0.6 is 0 Å². The van der Waals surface area contributed by atoms with Crippen molar-refractivity contribution in [3.8, 4) is 11.5 Å². The molecule has 0 saturated carbocycles. The number of hydrogen-bond donors (Lipinski definition) is 0. The number of rotatable bonds is 2. The van der Waals surface area contributed by atoms with E-state index in [1.165, 1.54) is 6.92 Å². The maximum Gasteiger partial charge on any atom is 0.308 e. The topological polar surface area (TPSA) is 35.5 Å². The van der Waals surface area contributed by atoms with Gasteiger partial charge in [-0.1, -0.05) is 6.07 Å². The molecule has 0 aliphatic heterocycles. The molecule has 1 aromatic rings. The van der Waals surface area contributed by atoms with Gasteiger partial charge < -0.3 is 9.47 Å². The van der Waals surface area contributed by atoms with Crippen molar-refractivity contribution < 1.29 is 14.3 Å². The van der Waals surface area contributed by atoms with Gasteiger partial charge in [-0.3, -0.25) is 4.79 Å². The van der Waals surface area contributed by atoms with Gasteiger partial charge in [-0.05, 0) is 18.6 Å². The molecule has 1 aromatic carbocycles. The lowest BCUT2D eigenvalue weighted by Crippen LogP contribution is -2.02. The van der Waals surface area contributed by atoms with Gasteiger partial charge in [-0.2, -0.15) is 0 Å². The van der Waals surface area contributed by atoms with Gasteiger partial charge in [0.2, 0.25) is 0 Å². The van der Waals surface area contributed by atoms with Crippen molar-refractivity contribution in [3.63, 3.8) is 0 Å². The van der Waals surface area contributed by atoms with E-state index in [9.17, 15) is 4.79 Å². The molecule has 3 heteroatoms. The molecule has 0 heterocycles. The summed E-state index contributed by atoms with van der Waals surface area (Å²) in [4.78, 5) is 10.7. The van der Waals surface area contributed by atoms with Crippen LogP contribution in [0.1, 0.15) is 12.5 Å². The second-order valence-electron chi connectivity index (χ2n) is 2.57. The lowest BCUT2D eigenvalue weighted by Gasteiger charge is -2.06. The lowest BCUT2D eigenvalue weighted by molar-refractivity contribution is -0.131. The highest BCUT2D eigenvalue weighted by Gasteiger charge is 2.03. The second-order valence-corrected chi connectivity index (χ2v) is 2.57. The number of carbonyl (C=O) groups excluding carboxylic acids is 1. The van der Waals surface area contributed by atoms with E-state index < -0.39 is 0 Å². The van der Waals surface area contributed by atoms with Gasteiger partial charge in [0.25, 0.3) is 0 Å². The highest BCUT2D eigenvalue weighted by atomic mass is 16.5. The van der Waals surface area contributed by atoms with Crippen LogP contribution in [0.4, 0.5) is 0 Å². The third-order valence-electron chi connectivity index (χ3n) is 1.53. The molecule has 0 fully saturated rings. The Balaban J connectivity index is 2.96. The molecule has 3 nitrogen and oxygen atoms in total. The molecule has 0 aromatic heterocycles. The summed E-state index contributed by atoms with van der Waals surface area (Å²) < 4.78 is 9.88. The smallest absolute Gasteiger partial charge is 0.308 e. The number of ether oxygens (including phenoxy) is 2. The number of esters is 1. The summed E-state index contributed by atoms with van der Waals surface area (Å²) in [6.45, 7) is 5.06. The van der Waals surface area contributed by atoms with E-state index in [0.29, 0.717) is 17.1 Å². The highest BCUT2D eigenvalue weighted by molar-refractivity contribution is 5.70. The fraction of sp³-hybridized carbons (Fsp3) is 0.200. The quantitative estimate of drug-likeness (QED) is 0.513. The molecular formula is C10H11O3. The van der Waals surface area contributed by atoms with Crippen LogP contribution in [0.25, 0.3) is 0 Å². The van der Waals surface area contributed by atoms with Crippen molar-refractivity contribution in [2.75, 3.05) is 7.11 Å². The zero-order chi connectivity index (χ0) is 9.84. The molecule has 0 saturated heterocycles. The molecule has 0 atom stereocenters. The van der Waals surface area contributed by atoms with Gasteiger partial charge in [0.1, 0.15) is 11.5 Å². The van der Waals surface area contributed by atoms with E-state index in [1.54, 1.807) is 25.3 Å². The molecular weight excluding hydrogens is 168 g/mol. The lowest BCUT2D eigenvalue weighted by atomic mass is 10.2. The molecule has 0 aliphatic carbocycles. The fourth-order valence-electron chi connectivity index (χ4n) is 0.912. The third-order valence-corrected chi connectivity index (χ3v) is 1.53. The van der Waals surface area contributed by atoms with E-state index in [-0.39, 0.29) is 5.97 Å². The highest BCUT2D eigenvalue weighted by Crippen LogP contribution is 2.23. The molecule has 1 rings (SSSR count). The van der Waals surface area contributed by atoms with E-state index >= 15 is 0 Å². The van der Waals surface area contributed by atoms with Gasteiger partial charge in [-0.15, -0.1) is 0 Å². The molecule has 1 radical (unpaired) electrons. The summed E-state index contributed by atoms with van der Waals surface area (Å²) in [6.07, 6.45) is 0. The molecule has 0 N–H and O–H groups in total. The van der Waals surface area contributed by atoms with Crippen molar-refractivity contribution in [1.82, 2.24) is 0 Å². The number of benzene rings is 1. The SMILES string of the molecule is [CH2]c1ccc(OC)cc1OC(C)=O. The van der Waals surface area contributed by atoms with Gasteiger partial charge in [-0.25, -0.2) is 0 Å². The molecule has 0 aliphatic rings. The Bertz CT molecular complexity index is 318. The van der Waals surface area contributed by atoms with Crippen LogP contribution < -0.4 is 9.47 Å². The van der Waals surface area contributed by atoms with Crippen LogP contribution in [0, 0.1) is 6.92 Å². The van der Waals surface area contributed by atoms with Gasteiger partial charge in [0, 0.05) is 13.0 Å². The summed E-state index contributed by atoms with van der Waals surface area (Å²) in [5, 5.41) is 0. The summed E-state index contributed by atoms with van der Waals surface area (Å²) >= 11 is 0. The minimum absolute atomic E-state index is 0.363. The first kappa shape index (κ1) is 9.58. The minimum atomic E-state index is -0.363. The van der Waals surface area contributed by atoms with E-state index in [1.807, 2.05) is 0 Å². The largest absolute Gasteiger partial charge is 0.497 e. The molecule has 0 unspecified atom stereocenters. The Labute approximate surface area is 77.3 Å². The first-order chi connectivity index (χ1) is 6.13.